The summed E-state index contributed by atoms with van der Waals surface area (Å²) in [5, 5.41) is 0.803. The normalized spacial score (nSPS) is 20.3. The maximum absolute atomic E-state index is 12.0. The molecule has 0 aliphatic carbocycles. The largest absolute Gasteiger partial charge is 0.369 e. The SMILES string of the molecule is O=C1CCCCCN1CCCN1CCN(c2cccc(Cl)c2)CC1. The molecule has 2 heterocycles. The first kappa shape index (κ1) is 17.6. The van der Waals surface area contributed by atoms with Gasteiger partial charge in [0.05, 0.1) is 0 Å². The first-order valence-electron chi connectivity index (χ1n) is 9.23. The Balaban J connectivity index is 1.38. The van der Waals surface area contributed by atoms with Crippen LogP contribution in [0.25, 0.3) is 0 Å². The fourth-order valence-electron chi connectivity index (χ4n) is 3.66. The van der Waals surface area contributed by atoms with Crippen LogP contribution in [-0.4, -0.2) is 61.5 Å². The molecule has 2 saturated heterocycles. The smallest absolute Gasteiger partial charge is 0.222 e. The predicted molar refractivity (Wildman–Crippen MR) is 99.8 cm³/mol. The molecular formula is C19H28ClN3O. The zero-order chi connectivity index (χ0) is 16.8. The number of rotatable bonds is 5. The summed E-state index contributed by atoms with van der Waals surface area (Å²) in [6, 6.07) is 8.11. The number of hydrogen-bond acceptors (Lipinski definition) is 3. The van der Waals surface area contributed by atoms with Crippen LogP contribution in [0.5, 0.6) is 0 Å². The van der Waals surface area contributed by atoms with Crippen molar-refractivity contribution in [1.82, 2.24) is 9.80 Å². The lowest BCUT2D eigenvalue weighted by Gasteiger charge is -2.36. The Morgan fingerprint density at radius 2 is 1.79 bits per heavy atom. The molecular weight excluding hydrogens is 322 g/mol. The highest BCUT2D eigenvalue weighted by molar-refractivity contribution is 6.30. The second-order valence-electron chi connectivity index (χ2n) is 6.85. The third-order valence-electron chi connectivity index (χ3n) is 5.12. The van der Waals surface area contributed by atoms with E-state index >= 15 is 0 Å². The van der Waals surface area contributed by atoms with E-state index in [2.05, 4.69) is 20.8 Å². The minimum Gasteiger partial charge on any atom is -0.369 e. The van der Waals surface area contributed by atoms with Gasteiger partial charge in [0.25, 0.3) is 0 Å². The number of carbonyl (C=O) groups is 1. The standard InChI is InChI=1S/C19H28ClN3O/c20-17-6-4-7-18(16-17)22-14-12-21(13-15-22)9-5-11-23-10-3-1-2-8-19(23)24/h4,6-7,16H,1-3,5,8-15H2. The summed E-state index contributed by atoms with van der Waals surface area (Å²) in [6.07, 6.45) is 5.28. The van der Waals surface area contributed by atoms with E-state index in [9.17, 15) is 4.79 Å². The molecule has 132 valence electrons. The molecule has 1 amide bonds. The molecule has 0 atom stereocenters. The highest BCUT2D eigenvalue weighted by Gasteiger charge is 2.19. The van der Waals surface area contributed by atoms with E-state index in [0.29, 0.717) is 5.91 Å². The lowest BCUT2D eigenvalue weighted by molar-refractivity contribution is -0.130. The maximum atomic E-state index is 12.0. The summed E-state index contributed by atoms with van der Waals surface area (Å²) >= 11 is 6.09. The highest BCUT2D eigenvalue weighted by Crippen LogP contribution is 2.20. The number of likely N-dealkylation sites (tertiary alicyclic amines) is 1. The Labute approximate surface area is 150 Å². The lowest BCUT2D eigenvalue weighted by Crippen LogP contribution is -2.47. The molecule has 0 spiro atoms. The van der Waals surface area contributed by atoms with E-state index in [4.69, 9.17) is 11.6 Å². The van der Waals surface area contributed by atoms with Crippen LogP contribution in [0.4, 0.5) is 5.69 Å². The van der Waals surface area contributed by atoms with Gasteiger partial charge in [0.2, 0.25) is 5.91 Å². The monoisotopic (exact) mass is 349 g/mol. The Morgan fingerprint density at radius 3 is 2.58 bits per heavy atom. The minimum atomic E-state index is 0.360. The molecule has 1 aromatic rings. The number of carbonyl (C=O) groups excluding carboxylic acids is 1. The summed E-state index contributed by atoms with van der Waals surface area (Å²) in [6.45, 7) is 7.23. The number of benzene rings is 1. The average molecular weight is 350 g/mol. The van der Waals surface area contributed by atoms with Crippen molar-refractivity contribution in [2.75, 3.05) is 50.7 Å². The fourth-order valence-corrected chi connectivity index (χ4v) is 3.85. The van der Waals surface area contributed by atoms with Crippen molar-refractivity contribution in [1.29, 1.82) is 0 Å². The number of hydrogen-bond donors (Lipinski definition) is 0. The van der Waals surface area contributed by atoms with Crippen LogP contribution in [0.1, 0.15) is 32.1 Å². The molecule has 0 radical (unpaired) electrons. The zero-order valence-corrected chi connectivity index (χ0v) is 15.2. The van der Waals surface area contributed by atoms with Gasteiger partial charge in [-0.15, -0.1) is 0 Å². The molecule has 0 unspecified atom stereocenters. The van der Waals surface area contributed by atoms with E-state index in [-0.39, 0.29) is 0 Å². The Bertz CT molecular complexity index is 543. The molecule has 1 aromatic carbocycles. The number of piperazine rings is 1. The summed E-state index contributed by atoms with van der Waals surface area (Å²) in [4.78, 5) is 19.0. The molecule has 5 heteroatoms. The molecule has 0 N–H and O–H groups in total. The Morgan fingerprint density at radius 1 is 0.958 bits per heavy atom. The first-order valence-corrected chi connectivity index (χ1v) is 9.61. The van der Waals surface area contributed by atoms with Crippen LogP contribution >= 0.6 is 11.6 Å². The van der Waals surface area contributed by atoms with Crippen LogP contribution in [0, 0.1) is 0 Å². The molecule has 0 bridgehead atoms. The summed E-state index contributed by atoms with van der Waals surface area (Å²) in [5.74, 6) is 0.360. The Kier molecular flexibility index (Phi) is 6.38. The van der Waals surface area contributed by atoms with Gasteiger partial charge in [-0.2, -0.15) is 0 Å². The molecule has 0 saturated carbocycles. The van der Waals surface area contributed by atoms with Crippen molar-refractivity contribution < 1.29 is 4.79 Å². The van der Waals surface area contributed by atoms with Gasteiger partial charge in [0.15, 0.2) is 0 Å². The quantitative estimate of drug-likeness (QED) is 0.816. The third-order valence-corrected chi connectivity index (χ3v) is 5.35. The summed E-state index contributed by atoms with van der Waals surface area (Å²) in [5.41, 5.74) is 1.22. The molecule has 24 heavy (non-hydrogen) atoms. The third kappa shape index (κ3) is 4.87. The number of halogens is 1. The topological polar surface area (TPSA) is 26.8 Å². The Hall–Kier alpha value is -1.26. The van der Waals surface area contributed by atoms with Gasteiger partial charge in [0.1, 0.15) is 0 Å². The van der Waals surface area contributed by atoms with Crippen molar-refractivity contribution >= 4 is 23.2 Å². The van der Waals surface area contributed by atoms with Gasteiger partial charge in [-0.3, -0.25) is 9.69 Å². The summed E-state index contributed by atoms with van der Waals surface area (Å²) < 4.78 is 0. The van der Waals surface area contributed by atoms with Crippen LogP contribution < -0.4 is 4.90 Å². The molecule has 2 fully saturated rings. The van der Waals surface area contributed by atoms with Crippen LogP contribution in [0.2, 0.25) is 5.02 Å². The van der Waals surface area contributed by atoms with E-state index in [1.54, 1.807) is 0 Å². The van der Waals surface area contributed by atoms with Gasteiger partial charge in [-0.05, 0) is 44.0 Å². The van der Waals surface area contributed by atoms with E-state index in [0.717, 1.165) is 70.1 Å². The van der Waals surface area contributed by atoms with Crippen molar-refractivity contribution in [3.63, 3.8) is 0 Å². The van der Waals surface area contributed by atoms with Gasteiger partial charge < -0.3 is 9.80 Å². The molecule has 3 rings (SSSR count). The fraction of sp³-hybridized carbons (Fsp3) is 0.632. The number of anilines is 1. The summed E-state index contributed by atoms with van der Waals surface area (Å²) in [7, 11) is 0. The maximum Gasteiger partial charge on any atom is 0.222 e. The van der Waals surface area contributed by atoms with Gasteiger partial charge >= 0.3 is 0 Å². The lowest BCUT2D eigenvalue weighted by atomic mass is 10.2. The molecule has 2 aliphatic rings. The van der Waals surface area contributed by atoms with Gasteiger partial charge in [-0.1, -0.05) is 24.1 Å². The van der Waals surface area contributed by atoms with Crippen molar-refractivity contribution in [3.05, 3.63) is 29.3 Å². The van der Waals surface area contributed by atoms with E-state index < -0.39 is 0 Å². The molecule has 2 aliphatic heterocycles. The minimum absolute atomic E-state index is 0.360. The average Bonchev–Trinajstić information content (AvgIpc) is 2.80. The van der Waals surface area contributed by atoms with Crippen LogP contribution in [0.15, 0.2) is 24.3 Å². The van der Waals surface area contributed by atoms with E-state index in [1.165, 1.54) is 18.5 Å². The number of amides is 1. The first-order chi connectivity index (χ1) is 11.7. The van der Waals surface area contributed by atoms with E-state index in [1.807, 2.05) is 18.2 Å². The van der Waals surface area contributed by atoms with Crippen molar-refractivity contribution in [2.45, 2.75) is 32.1 Å². The predicted octanol–water partition coefficient (Wildman–Crippen LogP) is 3.25. The van der Waals surface area contributed by atoms with Gasteiger partial charge in [0, 0.05) is 56.4 Å². The van der Waals surface area contributed by atoms with Gasteiger partial charge in [-0.25, -0.2) is 0 Å². The molecule has 4 nitrogen and oxygen atoms in total. The second kappa shape index (κ2) is 8.72. The molecule has 0 aromatic heterocycles. The van der Waals surface area contributed by atoms with Crippen molar-refractivity contribution in [2.24, 2.45) is 0 Å². The number of nitrogens with zero attached hydrogens (tertiary/aromatic N) is 3. The van der Waals surface area contributed by atoms with Crippen LogP contribution in [0.3, 0.4) is 0 Å². The highest BCUT2D eigenvalue weighted by atomic mass is 35.5. The zero-order valence-electron chi connectivity index (χ0n) is 14.4. The van der Waals surface area contributed by atoms with Crippen LogP contribution in [-0.2, 0) is 4.79 Å². The van der Waals surface area contributed by atoms with Crippen molar-refractivity contribution in [3.8, 4) is 0 Å². The second-order valence-corrected chi connectivity index (χ2v) is 7.29.